The second kappa shape index (κ2) is 13.6. The predicted octanol–water partition coefficient (Wildman–Crippen LogP) is 4.30. The fourth-order valence-electron chi connectivity index (χ4n) is 5.52. The number of anilines is 2. The first-order valence-electron chi connectivity index (χ1n) is 14.0. The molecule has 218 valence electrons. The van der Waals surface area contributed by atoms with Crippen molar-refractivity contribution in [2.75, 3.05) is 30.9 Å². The number of aliphatic hydroxyl groups is 2. The van der Waals surface area contributed by atoms with E-state index in [2.05, 4.69) is 16.0 Å². The number of thiophene rings is 1. The molecule has 0 radical (unpaired) electrons. The van der Waals surface area contributed by atoms with E-state index in [4.69, 9.17) is 10.5 Å². The Hall–Kier alpha value is -2.99. The molecular weight excluding hydrogens is 532 g/mol. The van der Waals surface area contributed by atoms with Crippen LogP contribution < -0.4 is 21.7 Å². The van der Waals surface area contributed by atoms with Crippen LogP contribution in [0, 0.1) is 17.8 Å². The Morgan fingerprint density at radius 1 is 1.15 bits per heavy atom. The molecule has 3 atom stereocenters. The summed E-state index contributed by atoms with van der Waals surface area (Å²) in [5.41, 5.74) is 8.00. The van der Waals surface area contributed by atoms with Gasteiger partial charge in [-0.3, -0.25) is 14.9 Å². The Labute approximate surface area is 238 Å². The molecule has 4 rings (SSSR count). The molecule has 1 aromatic carbocycles. The highest BCUT2D eigenvalue weighted by molar-refractivity contribution is 7.12. The molecule has 1 aliphatic heterocycles. The molecule has 40 heavy (non-hydrogen) atoms. The van der Waals surface area contributed by atoms with Crippen LogP contribution in [0.4, 0.5) is 16.2 Å². The van der Waals surface area contributed by atoms with Crippen molar-refractivity contribution in [2.24, 2.45) is 23.5 Å². The average molecular weight is 573 g/mol. The number of benzene rings is 1. The number of rotatable bonds is 6. The van der Waals surface area contributed by atoms with Crippen molar-refractivity contribution >= 4 is 40.6 Å². The summed E-state index contributed by atoms with van der Waals surface area (Å²) in [6.45, 7) is 2.04. The fourth-order valence-corrected chi connectivity index (χ4v) is 6.76. The molecule has 2 aliphatic rings. The molecule has 7 N–H and O–H groups in total. The summed E-state index contributed by atoms with van der Waals surface area (Å²) in [6, 6.07) is 6.72. The van der Waals surface area contributed by atoms with Gasteiger partial charge in [0, 0.05) is 38.4 Å². The lowest BCUT2D eigenvalue weighted by Crippen LogP contribution is -2.36. The molecule has 1 saturated carbocycles. The van der Waals surface area contributed by atoms with Crippen molar-refractivity contribution in [3.63, 3.8) is 0 Å². The van der Waals surface area contributed by atoms with Crippen molar-refractivity contribution in [3.05, 3.63) is 34.0 Å². The minimum Gasteiger partial charge on any atom is -0.453 e. The summed E-state index contributed by atoms with van der Waals surface area (Å²) in [5, 5.41) is 29.5. The van der Waals surface area contributed by atoms with E-state index in [1.165, 1.54) is 18.4 Å². The van der Waals surface area contributed by atoms with Crippen molar-refractivity contribution in [1.29, 1.82) is 0 Å². The second-order valence-electron chi connectivity index (χ2n) is 10.8. The molecule has 2 aromatic rings. The van der Waals surface area contributed by atoms with Gasteiger partial charge in [0.05, 0.1) is 25.4 Å². The lowest BCUT2D eigenvalue weighted by molar-refractivity contribution is -0.127. The molecule has 11 heteroatoms. The molecule has 2 heterocycles. The van der Waals surface area contributed by atoms with E-state index in [1.807, 2.05) is 13.0 Å². The maximum Gasteiger partial charge on any atom is 0.411 e. The number of nitrogens with one attached hydrogen (secondary N) is 3. The second-order valence-corrected chi connectivity index (χ2v) is 12.0. The van der Waals surface area contributed by atoms with Crippen LogP contribution in [-0.4, -0.2) is 48.4 Å². The van der Waals surface area contributed by atoms with Gasteiger partial charge >= 0.3 is 6.09 Å². The minimum absolute atomic E-state index is 0.0245. The van der Waals surface area contributed by atoms with E-state index < -0.39 is 18.8 Å². The molecule has 0 spiro atoms. The number of nitrogens with two attached hydrogens (primary N) is 1. The van der Waals surface area contributed by atoms with Crippen LogP contribution in [0.2, 0.25) is 0 Å². The van der Waals surface area contributed by atoms with Gasteiger partial charge < -0.3 is 31.3 Å². The van der Waals surface area contributed by atoms with Gasteiger partial charge in [0.15, 0.2) is 0 Å². The Bertz CT molecular complexity index is 1210. The summed E-state index contributed by atoms with van der Waals surface area (Å²) in [4.78, 5) is 39.7. The number of fused-ring (bicyclic) bond motifs is 4. The fraction of sp³-hybridized carbons (Fsp3) is 0.552. The lowest BCUT2D eigenvalue weighted by atomic mass is 9.81. The third kappa shape index (κ3) is 7.01. The zero-order chi connectivity index (χ0) is 28.8. The first-order valence-corrected chi connectivity index (χ1v) is 14.8. The molecule has 3 amide bonds. The van der Waals surface area contributed by atoms with E-state index in [0.29, 0.717) is 59.1 Å². The zero-order valence-corrected chi connectivity index (χ0v) is 23.9. The van der Waals surface area contributed by atoms with Gasteiger partial charge in [-0.25, -0.2) is 4.79 Å². The third-order valence-corrected chi connectivity index (χ3v) is 9.39. The van der Waals surface area contributed by atoms with Crippen molar-refractivity contribution in [1.82, 2.24) is 5.32 Å². The van der Waals surface area contributed by atoms with Gasteiger partial charge in [-0.1, -0.05) is 19.4 Å². The summed E-state index contributed by atoms with van der Waals surface area (Å²) >= 11 is 1.35. The SMILES string of the molecule is COC(=O)Nc1ccc2c(c1)NC(=O)[C@H](C)CCC[C@H](NC(=O)C1CCC(CN)CC1)c1cc-2c(C(O)CO)s1. The summed E-state index contributed by atoms with van der Waals surface area (Å²) in [5.74, 6) is -0.0188. The summed E-state index contributed by atoms with van der Waals surface area (Å²) < 4.78 is 4.70. The molecule has 1 unspecified atom stereocenters. The van der Waals surface area contributed by atoms with Crippen LogP contribution >= 0.6 is 11.3 Å². The first kappa shape index (κ1) is 30.0. The molecule has 0 saturated heterocycles. The number of hydrogen-bond acceptors (Lipinski definition) is 8. The van der Waals surface area contributed by atoms with E-state index in [1.54, 1.807) is 18.2 Å². The highest BCUT2D eigenvalue weighted by Gasteiger charge is 2.30. The number of methoxy groups -OCH3 is 1. The Balaban J connectivity index is 1.73. The monoisotopic (exact) mass is 572 g/mol. The molecule has 1 aliphatic carbocycles. The predicted molar refractivity (Wildman–Crippen MR) is 155 cm³/mol. The van der Waals surface area contributed by atoms with Crippen LogP contribution in [0.1, 0.15) is 73.8 Å². The first-order chi connectivity index (χ1) is 19.2. The van der Waals surface area contributed by atoms with E-state index in [0.717, 1.165) is 30.6 Å². The lowest BCUT2D eigenvalue weighted by Gasteiger charge is -2.28. The maximum atomic E-state index is 13.4. The van der Waals surface area contributed by atoms with Gasteiger partial charge in [0.25, 0.3) is 0 Å². The highest BCUT2D eigenvalue weighted by atomic mass is 32.1. The van der Waals surface area contributed by atoms with E-state index >= 15 is 0 Å². The topological polar surface area (TPSA) is 163 Å². The van der Waals surface area contributed by atoms with Gasteiger partial charge in [0.1, 0.15) is 6.10 Å². The van der Waals surface area contributed by atoms with E-state index in [-0.39, 0.29) is 29.7 Å². The third-order valence-electron chi connectivity index (χ3n) is 8.04. The zero-order valence-electron chi connectivity index (χ0n) is 23.1. The number of carbonyl (C=O) groups excluding carboxylic acids is 3. The Morgan fingerprint density at radius 3 is 2.58 bits per heavy atom. The largest absolute Gasteiger partial charge is 0.453 e. The molecule has 1 aromatic heterocycles. The number of carbonyl (C=O) groups is 3. The molecule has 1 fully saturated rings. The standard InChI is InChI=1S/C29H40N4O6S/c1-16-4-3-5-22(32-28(37)18-8-6-17(14-30)7-9-18)25-13-21(26(40-25)24(35)15-34)20-11-10-19(31-29(38)39-2)12-23(20)33-27(16)36/h10-13,16-18,22,24,34-35H,3-9,14-15,30H2,1-2H3,(H,31,38)(H,32,37)(H,33,36)/t16-,17?,18?,22+,24?/m1/s1. The van der Waals surface area contributed by atoms with Crippen LogP contribution in [0.5, 0.6) is 0 Å². The van der Waals surface area contributed by atoms with Crippen LogP contribution in [-0.2, 0) is 14.3 Å². The summed E-state index contributed by atoms with van der Waals surface area (Å²) in [6.07, 6.45) is 3.73. The van der Waals surface area contributed by atoms with Gasteiger partial charge in [-0.2, -0.15) is 0 Å². The molecule has 2 bridgehead atoms. The Morgan fingerprint density at radius 2 is 1.90 bits per heavy atom. The number of aliphatic hydroxyl groups excluding tert-OH is 2. The normalized spacial score (nSPS) is 24.0. The van der Waals surface area contributed by atoms with Crippen LogP contribution in [0.3, 0.4) is 0 Å². The number of ether oxygens (including phenoxy) is 1. The van der Waals surface area contributed by atoms with Crippen molar-refractivity contribution in [3.8, 4) is 11.1 Å². The highest BCUT2D eigenvalue weighted by Crippen LogP contribution is 2.43. The minimum atomic E-state index is -1.14. The van der Waals surface area contributed by atoms with Crippen molar-refractivity contribution in [2.45, 2.75) is 64.0 Å². The molecular formula is C29H40N4O6S. The van der Waals surface area contributed by atoms with Crippen molar-refractivity contribution < 1.29 is 29.3 Å². The summed E-state index contributed by atoms with van der Waals surface area (Å²) in [7, 11) is 1.27. The van der Waals surface area contributed by atoms with Gasteiger partial charge in [-0.15, -0.1) is 11.3 Å². The number of hydrogen-bond donors (Lipinski definition) is 6. The van der Waals surface area contributed by atoms with Gasteiger partial charge in [0.2, 0.25) is 11.8 Å². The van der Waals surface area contributed by atoms with Crippen LogP contribution in [0.15, 0.2) is 24.3 Å². The van der Waals surface area contributed by atoms with Gasteiger partial charge in [-0.05, 0) is 69.2 Å². The quantitative estimate of drug-likeness (QED) is 0.301. The smallest absolute Gasteiger partial charge is 0.411 e. The Kier molecular flexibility index (Phi) is 10.2. The molecule has 10 nitrogen and oxygen atoms in total. The van der Waals surface area contributed by atoms with Crippen LogP contribution in [0.25, 0.3) is 11.1 Å². The average Bonchev–Trinajstić information content (AvgIpc) is 3.40. The number of amides is 3. The maximum absolute atomic E-state index is 13.4. The van der Waals surface area contributed by atoms with E-state index in [9.17, 15) is 24.6 Å².